The number of nitro groups is 1. The van der Waals surface area contributed by atoms with Crippen molar-refractivity contribution >= 4 is 17.3 Å². The van der Waals surface area contributed by atoms with Gasteiger partial charge in [-0.15, -0.1) is 0 Å². The van der Waals surface area contributed by atoms with E-state index in [-0.39, 0.29) is 10.7 Å². The number of rotatable bonds is 5. The van der Waals surface area contributed by atoms with Crippen LogP contribution in [0.2, 0.25) is 5.02 Å². The van der Waals surface area contributed by atoms with E-state index in [1.807, 2.05) is 6.07 Å². The maximum atomic E-state index is 10.9. The minimum atomic E-state index is -0.435. The summed E-state index contributed by atoms with van der Waals surface area (Å²) in [5, 5.41) is 11.1. The highest BCUT2D eigenvalue weighted by Crippen LogP contribution is 2.26. The normalized spacial score (nSPS) is 20.0. The summed E-state index contributed by atoms with van der Waals surface area (Å²) in [4.78, 5) is 12.8. The summed E-state index contributed by atoms with van der Waals surface area (Å²) >= 11 is 5.83. The van der Waals surface area contributed by atoms with Crippen molar-refractivity contribution in [3.05, 3.63) is 38.9 Å². The molecule has 1 aromatic carbocycles. The van der Waals surface area contributed by atoms with E-state index in [4.69, 9.17) is 16.3 Å². The number of nitro benzene ring substituents is 1. The average molecular weight is 299 g/mol. The first-order chi connectivity index (χ1) is 9.60. The lowest BCUT2D eigenvalue weighted by molar-refractivity contribution is -0.384. The number of hydrogen-bond donors (Lipinski definition) is 0. The second kappa shape index (κ2) is 7.02. The van der Waals surface area contributed by atoms with Crippen LogP contribution in [-0.2, 0) is 11.3 Å². The van der Waals surface area contributed by atoms with Gasteiger partial charge >= 0.3 is 0 Å². The summed E-state index contributed by atoms with van der Waals surface area (Å²) in [6.07, 6.45) is 2.33. The fraction of sp³-hybridized carbons (Fsp3) is 0.571. The molecule has 1 saturated heterocycles. The number of benzene rings is 1. The number of piperidine rings is 1. The van der Waals surface area contributed by atoms with E-state index in [0.717, 1.165) is 38.2 Å². The van der Waals surface area contributed by atoms with Crippen LogP contribution in [0.4, 0.5) is 5.69 Å². The van der Waals surface area contributed by atoms with Crippen LogP contribution >= 0.6 is 11.6 Å². The molecule has 1 unspecified atom stereocenters. The third-order valence-electron chi connectivity index (χ3n) is 3.62. The van der Waals surface area contributed by atoms with Crippen molar-refractivity contribution in [3.63, 3.8) is 0 Å². The highest BCUT2D eigenvalue weighted by molar-refractivity contribution is 6.32. The topological polar surface area (TPSA) is 55.6 Å². The van der Waals surface area contributed by atoms with Crippen LogP contribution in [0, 0.1) is 16.0 Å². The fourth-order valence-corrected chi connectivity index (χ4v) is 2.91. The largest absolute Gasteiger partial charge is 0.384 e. The Morgan fingerprint density at radius 1 is 1.55 bits per heavy atom. The Balaban J connectivity index is 2.02. The SMILES string of the molecule is COCC1CCCN(Cc2ccc(Cl)c([N+](=O)[O-])c2)C1. The molecule has 2 rings (SSSR count). The van der Waals surface area contributed by atoms with Gasteiger partial charge in [0, 0.05) is 26.3 Å². The molecule has 0 aliphatic carbocycles. The van der Waals surface area contributed by atoms with Crippen molar-refractivity contribution in [1.82, 2.24) is 4.90 Å². The van der Waals surface area contributed by atoms with Gasteiger partial charge in [0.15, 0.2) is 0 Å². The molecule has 1 heterocycles. The summed E-state index contributed by atoms with van der Waals surface area (Å²) in [5.41, 5.74) is 0.911. The molecule has 5 nitrogen and oxygen atoms in total. The number of ether oxygens (including phenoxy) is 1. The predicted octanol–water partition coefficient (Wildman–Crippen LogP) is 3.11. The highest BCUT2D eigenvalue weighted by Gasteiger charge is 2.21. The van der Waals surface area contributed by atoms with E-state index in [1.165, 1.54) is 6.42 Å². The van der Waals surface area contributed by atoms with Crippen LogP contribution in [0.5, 0.6) is 0 Å². The van der Waals surface area contributed by atoms with Gasteiger partial charge in [-0.05, 0) is 36.9 Å². The smallest absolute Gasteiger partial charge is 0.288 e. The molecule has 1 atom stereocenters. The Morgan fingerprint density at radius 2 is 2.35 bits per heavy atom. The van der Waals surface area contributed by atoms with Crippen LogP contribution in [0.25, 0.3) is 0 Å². The number of nitrogens with zero attached hydrogens (tertiary/aromatic N) is 2. The first-order valence-corrected chi connectivity index (χ1v) is 7.12. The van der Waals surface area contributed by atoms with E-state index in [1.54, 1.807) is 19.2 Å². The van der Waals surface area contributed by atoms with Gasteiger partial charge < -0.3 is 4.74 Å². The van der Waals surface area contributed by atoms with E-state index < -0.39 is 4.92 Å². The van der Waals surface area contributed by atoms with Crippen molar-refractivity contribution < 1.29 is 9.66 Å². The van der Waals surface area contributed by atoms with Crippen LogP contribution < -0.4 is 0 Å². The summed E-state index contributed by atoms with van der Waals surface area (Å²) in [7, 11) is 1.72. The Morgan fingerprint density at radius 3 is 3.05 bits per heavy atom. The standard InChI is InChI=1S/C14H19ClN2O3/c1-20-10-12-3-2-6-16(9-12)8-11-4-5-13(15)14(7-11)17(18)19/h4-5,7,12H,2-3,6,8-10H2,1H3. The first kappa shape index (κ1) is 15.2. The Bertz CT molecular complexity index is 479. The van der Waals surface area contributed by atoms with Crippen LogP contribution in [0.3, 0.4) is 0 Å². The van der Waals surface area contributed by atoms with Gasteiger partial charge in [0.05, 0.1) is 11.5 Å². The fourth-order valence-electron chi connectivity index (χ4n) is 2.72. The van der Waals surface area contributed by atoms with E-state index in [0.29, 0.717) is 5.92 Å². The molecular formula is C14H19ClN2O3. The van der Waals surface area contributed by atoms with Gasteiger partial charge in [-0.3, -0.25) is 15.0 Å². The van der Waals surface area contributed by atoms with Crippen molar-refractivity contribution in [2.24, 2.45) is 5.92 Å². The number of likely N-dealkylation sites (tertiary alicyclic amines) is 1. The van der Waals surface area contributed by atoms with Crippen molar-refractivity contribution in [3.8, 4) is 0 Å². The molecule has 0 spiro atoms. The molecule has 0 saturated carbocycles. The third-order valence-corrected chi connectivity index (χ3v) is 3.94. The molecule has 0 radical (unpaired) electrons. The average Bonchev–Trinajstić information content (AvgIpc) is 2.41. The van der Waals surface area contributed by atoms with Gasteiger partial charge in [0.2, 0.25) is 0 Å². The van der Waals surface area contributed by atoms with E-state index in [2.05, 4.69) is 4.90 Å². The highest BCUT2D eigenvalue weighted by atomic mass is 35.5. The first-order valence-electron chi connectivity index (χ1n) is 6.74. The van der Waals surface area contributed by atoms with Crippen LogP contribution in [0.15, 0.2) is 18.2 Å². The van der Waals surface area contributed by atoms with Gasteiger partial charge in [-0.1, -0.05) is 17.7 Å². The minimum Gasteiger partial charge on any atom is -0.384 e. The van der Waals surface area contributed by atoms with Gasteiger partial charge in [-0.25, -0.2) is 0 Å². The van der Waals surface area contributed by atoms with Crippen molar-refractivity contribution in [1.29, 1.82) is 0 Å². The van der Waals surface area contributed by atoms with Crippen molar-refractivity contribution in [2.75, 3.05) is 26.8 Å². The molecule has 0 N–H and O–H groups in total. The quantitative estimate of drug-likeness (QED) is 0.619. The van der Waals surface area contributed by atoms with E-state index in [9.17, 15) is 10.1 Å². The summed E-state index contributed by atoms with van der Waals surface area (Å²) < 4.78 is 5.21. The lowest BCUT2D eigenvalue weighted by Crippen LogP contribution is -2.36. The monoisotopic (exact) mass is 298 g/mol. The molecule has 1 aliphatic heterocycles. The Kier molecular flexibility index (Phi) is 5.34. The lowest BCUT2D eigenvalue weighted by Gasteiger charge is -2.32. The molecule has 0 amide bonds. The molecule has 110 valence electrons. The van der Waals surface area contributed by atoms with Crippen molar-refractivity contribution in [2.45, 2.75) is 19.4 Å². The number of methoxy groups -OCH3 is 1. The Labute approximate surface area is 123 Å². The second-order valence-electron chi connectivity index (χ2n) is 5.24. The maximum absolute atomic E-state index is 10.9. The van der Waals surface area contributed by atoms with Gasteiger partial charge in [0.25, 0.3) is 5.69 Å². The molecule has 1 aliphatic rings. The molecular weight excluding hydrogens is 280 g/mol. The molecule has 6 heteroatoms. The van der Waals surface area contributed by atoms with Gasteiger partial charge in [0.1, 0.15) is 5.02 Å². The molecule has 1 aromatic rings. The zero-order valence-corrected chi connectivity index (χ0v) is 12.3. The zero-order chi connectivity index (χ0) is 14.5. The number of hydrogen-bond acceptors (Lipinski definition) is 4. The summed E-state index contributed by atoms with van der Waals surface area (Å²) in [5.74, 6) is 0.552. The molecule has 0 aromatic heterocycles. The van der Waals surface area contributed by atoms with E-state index >= 15 is 0 Å². The molecule has 0 bridgehead atoms. The van der Waals surface area contributed by atoms with Crippen LogP contribution in [0.1, 0.15) is 18.4 Å². The third kappa shape index (κ3) is 3.91. The second-order valence-corrected chi connectivity index (χ2v) is 5.65. The maximum Gasteiger partial charge on any atom is 0.288 e. The number of halogens is 1. The predicted molar refractivity (Wildman–Crippen MR) is 78.0 cm³/mol. The molecule has 20 heavy (non-hydrogen) atoms. The summed E-state index contributed by atoms with van der Waals surface area (Å²) in [6, 6.07) is 5.03. The summed E-state index contributed by atoms with van der Waals surface area (Å²) in [6.45, 7) is 3.50. The Hall–Kier alpha value is -1.17. The van der Waals surface area contributed by atoms with Gasteiger partial charge in [-0.2, -0.15) is 0 Å². The zero-order valence-electron chi connectivity index (χ0n) is 11.5. The molecule has 1 fully saturated rings. The van der Waals surface area contributed by atoms with Crippen LogP contribution in [-0.4, -0.2) is 36.6 Å². The minimum absolute atomic E-state index is 0.0189. The lowest BCUT2D eigenvalue weighted by atomic mass is 9.98.